The third kappa shape index (κ3) is 3.66. The van der Waals surface area contributed by atoms with Crippen molar-refractivity contribution in [3.8, 4) is 5.69 Å². The summed E-state index contributed by atoms with van der Waals surface area (Å²) in [5.74, 6) is 0.447. The molecule has 2 fully saturated rings. The molecule has 2 aromatic rings. The average molecular weight is 374 g/mol. The van der Waals surface area contributed by atoms with Crippen molar-refractivity contribution >= 4 is 15.9 Å². The van der Waals surface area contributed by atoms with Crippen molar-refractivity contribution in [1.29, 1.82) is 0 Å². The molecule has 1 aliphatic carbocycles. The first-order valence-corrected chi connectivity index (χ1v) is 10.4. The molecule has 8 heteroatoms. The molecule has 1 N–H and O–H groups in total. The van der Waals surface area contributed by atoms with E-state index in [0.29, 0.717) is 25.9 Å². The second-order valence-electron chi connectivity index (χ2n) is 6.95. The van der Waals surface area contributed by atoms with Gasteiger partial charge in [-0.15, -0.1) is 0 Å². The third-order valence-corrected chi connectivity index (χ3v) is 6.42. The number of hydrogen-bond acceptors (Lipinski definition) is 4. The molecule has 26 heavy (non-hydrogen) atoms. The van der Waals surface area contributed by atoms with Gasteiger partial charge in [-0.1, -0.05) is 18.2 Å². The van der Waals surface area contributed by atoms with Crippen LogP contribution in [-0.4, -0.2) is 48.1 Å². The zero-order valence-corrected chi connectivity index (χ0v) is 15.2. The molecule has 7 nitrogen and oxygen atoms in total. The van der Waals surface area contributed by atoms with Crippen molar-refractivity contribution in [2.75, 3.05) is 13.1 Å². The summed E-state index contributed by atoms with van der Waals surface area (Å²) in [7, 11) is -3.63. The van der Waals surface area contributed by atoms with Gasteiger partial charge in [0.2, 0.25) is 15.9 Å². The lowest BCUT2D eigenvalue weighted by Gasteiger charge is -2.32. The standard InChI is InChI=1S/C18H22N4O3S/c23-18(14-6-7-14)21-10-8-15(9-11-21)20-26(24,25)17-12-19-22(13-17)16-4-2-1-3-5-16/h1-5,12-15,20H,6-11H2. The number of nitrogens with one attached hydrogen (secondary N) is 1. The van der Waals surface area contributed by atoms with Crippen LogP contribution in [0.1, 0.15) is 25.7 Å². The smallest absolute Gasteiger partial charge is 0.243 e. The van der Waals surface area contributed by atoms with E-state index in [1.807, 2.05) is 35.2 Å². The molecule has 1 aromatic heterocycles. The van der Waals surface area contributed by atoms with E-state index in [1.165, 1.54) is 12.4 Å². The van der Waals surface area contributed by atoms with Crippen LogP contribution in [0.5, 0.6) is 0 Å². The highest BCUT2D eigenvalue weighted by atomic mass is 32.2. The predicted octanol–water partition coefficient (Wildman–Crippen LogP) is 1.55. The molecule has 1 aliphatic heterocycles. The van der Waals surface area contributed by atoms with E-state index in [1.54, 1.807) is 4.68 Å². The number of nitrogens with zero attached hydrogens (tertiary/aromatic N) is 3. The molecule has 138 valence electrons. The van der Waals surface area contributed by atoms with Crippen molar-refractivity contribution < 1.29 is 13.2 Å². The number of hydrogen-bond donors (Lipinski definition) is 1. The van der Waals surface area contributed by atoms with Crippen LogP contribution in [0.25, 0.3) is 5.69 Å². The minimum atomic E-state index is -3.63. The maximum Gasteiger partial charge on any atom is 0.243 e. The van der Waals surface area contributed by atoms with Gasteiger partial charge in [-0.2, -0.15) is 5.10 Å². The molecule has 2 aliphatic rings. The number of carbonyl (C=O) groups excluding carboxylic acids is 1. The Labute approximate surface area is 153 Å². The summed E-state index contributed by atoms with van der Waals surface area (Å²) >= 11 is 0. The van der Waals surface area contributed by atoms with Gasteiger partial charge in [-0.05, 0) is 37.8 Å². The first-order valence-electron chi connectivity index (χ1n) is 8.94. The number of rotatable bonds is 5. The second kappa shape index (κ2) is 6.85. The van der Waals surface area contributed by atoms with Gasteiger partial charge in [0.05, 0.1) is 18.1 Å². The van der Waals surface area contributed by atoms with E-state index in [2.05, 4.69) is 9.82 Å². The number of likely N-dealkylation sites (tertiary alicyclic amines) is 1. The van der Waals surface area contributed by atoms with Crippen molar-refractivity contribution in [2.45, 2.75) is 36.6 Å². The summed E-state index contributed by atoms with van der Waals surface area (Å²) in [5.41, 5.74) is 0.806. The highest BCUT2D eigenvalue weighted by Gasteiger charge is 2.35. The summed E-state index contributed by atoms with van der Waals surface area (Å²) in [4.78, 5) is 14.1. The zero-order chi connectivity index (χ0) is 18.1. The van der Waals surface area contributed by atoms with E-state index in [0.717, 1.165) is 18.5 Å². The van der Waals surface area contributed by atoms with Gasteiger partial charge in [0.25, 0.3) is 0 Å². The first-order chi connectivity index (χ1) is 12.5. The van der Waals surface area contributed by atoms with Crippen LogP contribution >= 0.6 is 0 Å². The van der Waals surface area contributed by atoms with Crippen molar-refractivity contribution in [1.82, 2.24) is 19.4 Å². The van der Waals surface area contributed by atoms with Gasteiger partial charge in [-0.3, -0.25) is 4.79 Å². The van der Waals surface area contributed by atoms with Crippen LogP contribution in [0, 0.1) is 5.92 Å². The van der Waals surface area contributed by atoms with Gasteiger partial charge < -0.3 is 4.90 Å². The van der Waals surface area contributed by atoms with E-state index in [-0.39, 0.29) is 22.8 Å². The van der Waals surface area contributed by atoms with Crippen LogP contribution in [0.3, 0.4) is 0 Å². The number of sulfonamides is 1. The third-order valence-electron chi connectivity index (χ3n) is 4.94. The Morgan fingerprint density at radius 3 is 2.42 bits per heavy atom. The summed E-state index contributed by atoms with van der Waals surface area (Å²) in [6.07, 6.45) is 6.16. The fraction of sp³-hybridized carbons (Fsp3) is 0.444. The number of piperidine rings is 1. The van der Waals surface area contributed by atoms with Crippen LogP contribution in [-0.2, 0) is 14.8 Å². The molecule has 0 atom stereocenters. The Morgan fingerprint density at radius 2 is 1.77 bits per heavy atom. The molecular weight excluding hydrogens is 352 g/mol. The molecule has 2 heterocycles. The fourth-order valence-corrected chi connectivity index (χ4v) is 4.50. The summed E-state index contributed by atoms with van der Waals surface area (Å²) in [5, 5.41) is 4.15. The Hall–Kier alpha value is -2.19. The monoisotopic (exact) mass is 374 g/mol. The summed E-state index contributed by atoms with van der Waals surface area (Å²) < 4.78 is 29.6. The lowest BCUT2D eigenvalue weighted by Crippen LogP contribution is -2.46. The fourth-order valence-electron chi connectivity index (χ4n) is 3.26. The van der Waals surface area contributed by atoms with E-state index >= 15 is 0 Å². The van der Waals surface area contributed by atoms with Crippen LogP contribution in [0.15, 0.2) is 47.6 Å². The van der Waals surface area contributed by atoms with E-state index in [4.69, 9.17) is 0 Å². The molecule has 0 radical (unpaired) electrons. The summed E-state index contributed by atoms with van der Waals surface area (Å²) in [6.45, 7) is 1.23. The zero-order valence-electron chi connectivity index (χ0n) is 14.4. The average Bonchev–Trinajstić information content (AvgIpc) is 3.37. The molecule has 1 aromatic carbocycles. The largest absolute Gasteiger partial charge is 0.342 e. The lowest BCUT2D eigenvalue weighted by atomic mass is 10.1. The van der Waals surface area contributed by atoms with Gasteiger partial charge in [0.15, 0.2) is 0 Å². The first kappa shape index (κ1) is 17.2. The number of carbonyl (C=O) groups is 1. The van der Waals surface area contributed by atoms with Crippen LogP contribution in [0.2, 0.25) is 0 Å². The maximum absolute atomic E-state index is 12.6. The highest BCUT2D eigenvalue weighted by Crippen LogP contribution is 2.32. The van der Waals surface area contributed by atoms with Crippen LogP contribution < -0.4 is 4.72 Å². The van der Waals surface area contributed by atoms with Gasteiger partial charge in [-0.25, -0.2) is 17.8 Å². The van der Waals surface area contributed by atoms with Crippen molar-refractivity contribution in [3.05, 3.63) is 42.7 Å². The Balaban J connectivity index is 1.39. The topological polar surface area (TPSA) is 84.3 Å². The SMILES string of the molecule is O=C(C1CC1)N1CCC(NS(=O)(=O)c2cnn(-c3ccccc3)c2)CC1. The van der Waals surface area contributed by atoms with E-state index in [9.17, 15) is 13.2 Å². The molecule has 1 saturated carbocycles. The molecule has 0 bridgehead atoms. The molecule has 4 rings (SSSR count). The molecule has 1 amide bonds. The number of amides is 1. The summed E-state index contributed by atoms with van der Waals surface area (Å²) in [6, 6.07) is 9.22. The normalized spacial score (nSPS) is 18.8. The minimum absolute atomic E-state index is 0.150. The second-order valence-corrected chi connectivity index (χ2v) is 8.67. The maximum atomic E-state index is 12.6. The molecular formula is C18H22N4O3S. The Kier molecular flexibility index (Phi) is 4.54. The predicted molar refractivity (Wildman–Crippen MR) is 96.2 cm³/mol. The van der Waals surface area contributed by atoms with Crippen molar-refractivity contribution in [3.63, 3.8) is 0 Å². The highest BCUT2D eigenvalue weighted by molar-refractivity contribution is 7.89. The molecule has 0 spiro atoms. The van der Waals surface area contributed by atoms with Crippen LogP contribution in [0.4, 0.5) is 0 Å². The number of aromatic nitrogens is 2. The Morgan fingerprint density at radius 1 is 1.08 bits per heavy atom. The lowest BCUT2D eigenvalue weighted by molar-refractivity contribution is -0.133. The molecule has 0 unspecified atom stereocenters. The molecule has 1 saturated heterocycles. The Bertz CT molecular complexity index is 882. The van der Waals surface area contributed by atoms with Gasteiger partial charge in [0, 0.05) is 25.0 Å². The van der Waals surface area contributed by atoms with Crippen molar-refractivity contribution in [2.24, 2.45) is 5.92 Å². The minimum Gasteiger partial charge on any atom is -0.342 e. The van der Waals surface area contributed by atoms with Gasteiger partial charge in [0.1, 0.15) is 4.90 Å². The number of benzene rings is 1. The van der Waals surface area contributed by atoms with E-state index < -0.39 is 10.0 Å². The quantitative estimate of drug-likeness (QED) is 0.861. The number of para-hydroxylation sites is 1. The van der Waals surface area contributed by atoms with Gasteiger partial charge >= 0.3 is 0 Å².